The monoisotopic (exact) mass is 1040 g/mol. The van der Waals surface area contributed by atoms with Gasteiger partial charge in [0, 0.05) is 19.3 Å². The van der Waals surface area contributed by atoms with Crippen LogP contribution >= 0.6 is 0 Å². The molecule has 0 saturated carbocycles. The Hall–Kier alpha value is -3.41. The molecule has 6 nitrogen and oxygen atoms in total. The van der Waals surface area contributed by atoms with E-state index in [0.717, 1.165) is 103 Å². The van der Waals surface area contributed by atoms with Crippen LogP contribution in [0.5, 0.6) is 0 Å². The van der Waals surface area contributed by atoms with Gasteiger partial charge in [-0.3, -0.25) is 14.4 Å². The zero-order chi connectivity index (χ0) is 54.3. The summed E-state index contributed by atoms with van der Waals surface area (Å²) in [5.74, 6) is -0.894. The maximum absolute atomic E-state index is 12.9. The molecule has 0 aliphatic heterocycles. The average molecular weight is 1050 g/mol. The number of hydrogen-bond donors (Lipinski definition) is 0. The molecule has 0 fully saturated rings. The number of ether oxygens (including phenoxy) is 3. The van der Waals surface area contributed by atoms with Crippen LogP contribution in [0.3, 0.4) is 0 Å². The van der Waals surface area contributed by atoms with Crippen LogP contribution in [0, 0.1) is 0 Å². The largest absolute Gasteiger partial charge is 0.462 e. The van der Waals surface area contributed by atoms with Crippen molar-refractivity contribution in [3.63, 3.8) is 0 Å². The molecule has 0 saturated heterocycles. The Labute approximate surface area is 465 Å². The van der Waals surface area contributed by atoms with Gasteiger partial charge >= 0.3 is 17.9 Å². The van der Waals surface area contributed by atoms with Gasteiger partial charge in [0.2, 0.25) is 0 Å². The van der Waals surface area contributed by atoms with Gasteiger partial charge in [-0.15, -0.1) is 0 Å². The molecular formula is C69H120O6. The molecule has 0 aliphatic rings. The van der Waals surface area contributed by atoms with Gasteiger partial charge in [-0.1, -0.05) is 266 Å². The van der Waals surface area contributed by atoms with Crippen LogP contribution in [0.2, 0.25) is 0 Å². The first-order valence-corrected chi connectivity index (χ1v) is 32.1. The van der Waals surface area contributed by atoms with Crippen LogP contribution < -0.4 is 0 Å². The van der Waals surface area contributed by atoms with Crippen LogP contribution in [-0.2, 0) is 28.6 Å². The Morgan fingerprint density at radius 3 is 0.827 bits per heavy atom. The summed E-state index contributed by atoms with van der Waals surface area (Å²) >= 11 is 0. The van der Waals surface area contributed by atoms with Crippen LogP contribution in [0.15, 0.2) is 85.1 Å². The Bertz CT molecular complexity index is 1430. The first kappa shape index (κ1) is 71.6. The average Bonchev–Trinajstić information content (AvgIpc) is 3.41. The minimum atomic E-state index is -0.789. The van der Waals surface area contributed by atoms with Gasteiger partial charge in [0.15, 0.2) is 6.10 Å². The summed E-state index contributed by atoms with van der Waals surface area (Å²) in [5.41, 5.74) is 0. The summed E-state index contributed by atoms with van der Waals surface area (Å²) < 4.78 is 16.9. The summed E-state index contributed by atoms with van der Waals surface area (Å²) in [4.78, 5) is 38.3. The first-order valence-electron chi connectivity index (χ1n) is 32.1. The van der Waals surface area contributed by atoms with E-state index in [4.69, 9.17) is 14.2 Å². The van der Waals surface area contributed by atoms with E-state index in [0.29, 0.717) is 19.3 Å². The SMILES string of the molecule is CC/C=C\C/C=C\C/C=C\CCCCCCCCCC(=O)OC(COC(=O)CCCCCCCCC/C=C\CCCCCCCC)COC(=O)CCCCCCCCCC/C=C\C/C=C\C/C=C\CCCCCCC. The Morgan fingerprint density at radius 2 is 0.520 bits per heavy atom. The normalized spacial score (nSPS) is 12.6. The van der Waals surface area contributed by atoms with E-state index in [1.54, 1.807) is 0 Å². The number of esters is 3. The van der Waals surface area contributed by atoms with Crippen molar-refractivity contribution in [3.05, 3.63) is 85.1 Å². The maximum atomic E-state index is 12.9. The number of carbonyl (C=O) groups is 3. The lowest BCUT2D eigenvalue weighted by molar-refractivity contribution is -0.167. The molecule has 1 unspecified atom stereocenters. The van der Waals surface area contributed by atoms with E-state index in [1.165, 1.54) is 173 Å². The lowest BCUT2D eigenvalue weighted by Crippen LogP contribution is -2.30. The zero-order valence-electron chi connectivity index (χ0n) is 49.6. The molecule has 0 amide bonds. The highest BCUT2D eigenvalue weighted by molar-refractivity contribution is 5.71. The van der Waals surface area contributed by atoms with Crippen molar-refractivity contribution in [1.29, 1.82) is 0 Å². The van der Waals surface area contributed by atoms with Crippen molar-refractivity contribution >= 4 is 17.9 Å². The number of allylic oxidation sites excluding steroid dienone is 14. The second-order valence-corrected chi connectivity index (χ2v) is 21.3. The van der Waals surface area contributed by atoms with Crippen LogP contribution in [0.4, 0.5) is 0 Å². The van der Waals surface area contributed by atoms with Gasteiger partial charge in [0.25, 0.3) is 0 Å². The molecule has 0 heterocycles. The molecule has 6 heteroatoms. The third kappa shape index (κ3) is 61.3. The third-order valence-electron chi connectivity index (χ3n) is 13.9. The van der Waals surface area contributed by atoms with Gasteiger partial charge in [-0.05, 0) is 116 Å². The fraction of sp³-hybridized carbons (Fsp3) is 0.754. The van der Waals surface area contributed by atoms with Gasteiger partial charge in [0.05, 0.1) is 0 Å². The van der Waals surface area contributed by atoms with Crippen molar-refractivity contribution in [2.75, 3.05) is 13.2 Å². The highest BCUT2D eigenvalue weighted by Gasteiger charge is 2.19. The predicted octanol–water partition coefficient (Wildman–Crippen LogP) is 21.9. The summed E-state index contributed by atoms with van der Waals surface area (Å²) in [5, 5.41) is 0. The van der Waals surface area contributed by atoms with Crippen molar-refractivity contribution in [2.24, 2.45) is 0 Å². The fourth-order valence-corrected chi connectivity index (χ4v) is 9.05. The molecule has 0 rings (SSSR count). The minimum Gasteiger partial charge on any atom is -0.462 e. The molecule has 0 aromatic rings. The molecule has 432 valence electrons. The van der Waals surface area contributed by atoms with E-state index >= 15 is 0 Å². The summed E-state index contributed by atoms with van der Waals surface area (Å²) in [7, 11) is 0. The first-order chi connectivity index (χ1) is 37.0. The number of carbonyl (C=O) groups excluding carboxylic acids is 3. The molecular weight excluding hydrogens is 925 g/mol. The van der Waals surface area contributed by atoms with Gasteiger partial charge in [0.1, 0.15) is 13.2 Å². The Kier molecular flexibility index (Phi) is 60.3. The quantitative estimate of drug-likeness (QED) is 0.0261. The molecule has 0 aromatic heterocycles. The number of hydrogen-bond acceptors (Lipinski definition) is 6. The van der Waals surface area contributed by atoms with E-state index in [9.17, 15) is 14.4 Å². The second-order valence-electron chi connectivity index (χ2n) is 21.3. The van der Waals surface area contributed by atoms with Gasteiger partial charge in [-0.25, -0.2) is 0 Å². The zero-order valence-corrected chi connectivity index (χ0v) is 49.6. The van der Waals surface area contributed by atoms with Crippen molar-refractivity contribution in [1.82, 2.24) is 0 Å². The smallest absolute Gasteiger partial charge is 0.306 e. The third-order valence-corrected chi connectivity index (χ3v) is 13.9. The molecule has 75 heavy (non-hydrogen) atoms. The van der Waals surface area contributed by atoms with Crippen LogP contribution in [0.25, 0.3) is 0 Å². The Morgan fingerprint density at radius 1 is 0.280 bits per heavy atom. The molecule has 0 aromatic carbocycles. The van der Waals surface area contributed by atoms with E-state index in [2.05, 4.69) is 106 Å². The molecule has 0 N–H and O–H groups in total. The minimum absolute atomic E-state index is 0.0845. The standard InChI is InChI=1S/C69H120O6/c1-4-7-10-13-16-19-22-25-28-31-32-33-34-35-36-39-41-44-47-50-53-56-59-62-68(71)74-65-66(75-69(72)63-60-57-54-51-48-45-42-38-30-27-24-21-18-15-12-9-6-3)64-73-67(70)61-58-55-52-49-46-43-40-37-29-26-23-20-17-14-11-8-5-2/h9,12,18,21-22,25-27,29-32,34-35,66H,4-8,10-11,13-17,19-20,23-24,28,33,36-65H2,1-3H3/b12-9-,21-18-,25-22-,29-26-,30-27-,32-31-,35-34-. The highest BCUT2D eigenvalue weighted by Crippen LogP contribution is 2.16. The number of unbranched alkanes of at least 4 members (excludes halogenated alkanes) is 33. The summed E-state index contributed by atoms with van der Waals surface area (Å²) in [6.07, 6.45) is 82.9. The molecule has 0 spiro atoms. The van der Waals surface area contributed by atoms with Gasteiger partial charge in [-0.2, -0.15) is 0 Å². The topological polar surface area (TPSA) is 78.9 Å². The van der Waals surface area contributed by atoms with Crippen LogP contribution in [-0.4, -0.2) is 37.2 Å². The Balaban J connectivity index is 4.39. The summed E-state index contributed by atoms with van der Waals surface area (Å²) in [6.45, 7) is 6.53. The van der Waals surface area contributed by atoms with E-state index < -0.39 is 6.10 Å². The van der Waals surface area contributed by atoms with Crippen LogP contribution in [0.1, 0.15) is 316 Å². The lowest BCUT2D eigenvalue weighted by atomic mass is 10.1. The molecule has 0 radical (unpaired) electrons. The second kappa shape index (κ2) is 63.1. The fourth-order valence-electron chi connectivity index (χ4n) is 9.05. The van der Waals surface area contributed by atoms with E-state index in [-0.39, 0.29) is 31.1 Å². The van der Waals surface area contributed by atoms with Gasteiger partial charge < -0.3 is 14.2 Å². The van der Waals surface area contributed by atoms with Crippen molar-refractivity contribution < 1.29 is 28.6 Å². The van der Waals surface area contributed by atoms with E-state index in [1.807, 2.05) is 0 Å². The lowest BCUT2D eigenvalue weighted by Gasteiger charge is -2.18. The molecule has 0 bridgehead atoms. The number of rotatable bonds is 58. The highest BCUT2D eigenvalue weighted by atomic mass is 16.6. The molecule has 0 aliphatic carbocycles. The summed E-state index contributed by atoms with van der Waals surface area (Å²) in [6, 6.07) is 0. The van der Waals surface area contributed by atoms with Crippen molar-refractivity contribution in [2.45, 2.75) is 322 Å². The van der Waals surface area contributed by atoms with Crippen molar-refractivity contribution in [3.8, 4) is 0 Å². The predicted molar refractivity (Wildman–Crippen MR) is 325 cm³/mol. The maximum Gasteiger partial charge on any atom is 0.306 e. The molecule has 1 atom stereocenters.